The molecular weight excluding hydrogens is 363 g/mol. The summed E-state index contributed by atoms with van der Waals surface area (Å²) in [5.74, 6) is 1.35. The van der Waals surface area contributed by atoms with Crippen molar-refractivity contribution in [2.45, 2.75) is 31.4 Å². The molecule has 130 valence electrons. The lowest BCUT2D eigenvalue weighted by molar-refractivity contribution is 0.250. The molecule has 0 spiro atoms. The second-order valence-electron chi connectivity index (χ2n) is 5.54. The molecule has 0 unspecified atom stereocenters. The second-order valence-corrected chi connectivity index (χ2v) is 6.88. The zero-order valence-corrected chi connectivity index (χ0v) is 15.3. The monoisotopic (exact) mass is 378 g/mol. The Morgan fingerprint density at radius 2 is 2.00 bits per heavy atom. The number of ether oxygens (including phenoxy) is 1. The van der Waals surface area contributed by atoms with Crippen LogP contribution in [0.1, 0.15) is 22.6 Å². The first-order valence-corrected chi connectivity index (χ1v) is 8.97. The van der Waals surface area contributed by atoms with Gasteiger partial charge >= 0.3 is 0 Å². The highest BCUT2D eigenvalue weighted by Crippen LogP contribution is 2.27. The molecule has 7 heteroatoms. The maximum Gasteiger partial charge on any atom is 0.277 e. The number of rotatable bonds is 6. The maximum atomic E-state index is 13.0. The zero-order chi connectivity index (χ0) is 17.8. The van der Waals surface area contributed by atoms with Gasteiger partial charge in [-0.05, 0) is 48.7 Å². The van der Waals surface area contributed by atoms with Gasteiger partial charge in [0.2, 0.25) is 0 Å². The summed E-state index contributed by atoms with van der Waals surface area (Å²) < 4.78 is 24.3. The first-order valence-electron chi connectivity index (χ1n) is 7.60. The van der Waals surface area contributed by atoms with E-state index in [1.165, 1.54) is 23.9 Å². The number of nitrogens with zero attached hydrogens (tertiary/aromatic N) is 2. The molecule has 1 heterocycles. The van der Waals surface area contributed by atoms with Crippen LogP contribution >= 0.6 is 23.4 Å². The van der Waals surface area contributed by atoms with Gasteiger partial charge in [-0.25, -0.2) is 4.39 Å². The number of halogens is 2. The third-order valence-corrected chi connectivity index (χ3v) is 4.73. The normalized spacial score (nSPS) is 10.9. The third kappa shape index (κ3) is 4.74. The highest BCUT2D eigenvalue weighted by Gasteiger charge is 2.10. The van der Waals surface area contributed by atoms with Crippen LogP contribution in [-0.2, 0) is 12.4 Å². The summed E-state index contributed by atoms with van der Waals surface area (Å²) in [5, 5.41) is 8.75. The molecule has 0 aliphatic carbocycles. The Kier molecular flexibility index (Phi) is 5.60. The number of aryl methyl sites for hydroxylation is 2. The van der Waals surface area contributed by atoms with Crippen LogP contribution in [0.15, 0.2) is 46.0 Å². The molecule has 4 nitrogen and oxygen atoms in total. The minimum Gasteiger partial charge on any atom is -0.484 e. The van der Waals surface area contributed by atoms with Crippen LogP contribution in [0.5, 0.6) is 5.75 Å². The van der Waals surface area contributed by atoms with E-state index >= 15 is 0 Å². The largest absolute Gasteiger partial charge is 0.484 e. The van der Waals surface area contributed by atoms with Crippen LogP contribution in [0.4, 0.5) is 4.39 Å². The van der Waals surface area contributed by atoms with Gasteiger partial charge in [-0.3, -0.25) is 0 Å². The molecule has 3 rings (SSSR count). The van der Waals surface area contributed by atoms with Gasteiger partial charge in [0.1, 0.15) is 11.6 Å². The van der Waals surface area contributed by atoms with Crippen molar-refractivity contribution in [2.75, 3.05) is 0 Å². The summed E-state index contributed by atoms with van der Waals surface area (Å²) in [6.07, 6.45) is 0. The molecule has 0 saturated carbocycles. The zero-order valence-electron chi connectivity index (χ0n) is 13.8. The first-order chi connectivity index (χ1) is 12.0. The van der Waals surface area contributed by atoms with Crippen molar-refractivity contribution in [2.24, 2.45) is 0 Å². The van der Waals surface area contributed by atoms with Crippen molar-refractivity contribution in [3.63, 3.8) is 0 Å². The standard InChI is InChI=1S/C18H16ClFN2O2S/c1-11-3-4-12(2)16(7-11)23-9-17-21-22-18(24-17)25-10-13-5-6-14(20)8-15(13)19/h3-8H,9-10H2,1-2H3. The fourth-order valence-electron chi connectivity index (χ4n) is 2.14. The van der Waals surface area contributed by atoms with Gasteiger partial charge in [-0.15, -0.1) is 10.2 Å². The smallest absolute Gasteiger partial charge is 0.277 e. The molecule has 0 atom stereocenters. The summed E-state index contributed by atoms with van der Waals surface area (Å²) >= 11 is 7.35. The number of hydrogen-bond acceptors (Lipinski definition) is 5. The Morgan fingerprint density at radius 3 is 2.80 bits per heavy atom. The Hall–Kier alpha value is -2.05. The van der Waals surface area contributed by atoms with Crippen LogP contribution in [-0.4, -0.2) is 10.2 Å². The van der Waals surface area contributed by atoms with Crippen LogP contribution in [0, 0.1) is 19.7 Å². The molecular formula is C18H16ClFN2O2S. The minimum absolute atomic E-state index is 0.204. The molecule has 25 heavy (non-hydrogen) atoms. The van der Waals surface area contributed by atoms with Gasteiger partial charge < -0.3 is 9.15 Å². The molecule has 0 aliphatic rings. The van der Waals surface area contributed by atoms with E-state index in [0.29, 0.717) is 21.9 Å². The summed E-state index contributed by atoms with van der Waals surface area (Å²) in [6, 6.07) is 10.3. The van der Waals surface area contributed by atoms with Crippen LogP contribution in [0.2, 0.25) is 5.02 Å². The first kappa shape index (κ1) is 17.8. The average molecular weight is 379 g/mol. The minimum atomic E-state index is -0.359. The lowest BCUT2D eigenvalue weighted by atomic mass is 10.1. The summed E-state index contributed by atoms with van der Waals surface area (Å²) in [5.41, 5.74) is 2.98. The lowest BCUT2D eigenvalue weighted by Crippen LogP contribution is -1.97. The Balaban J connectivity index is 1.58. The SMILES string of the molecule is Cc1ccc(C)c(OCc2nnc(SCc3ccc(F)cc3Cl)o2)c1. The van der Waals surface area contributed by atoms with Crippen molar-refractivity contribution in [3.8, 4) is 5.75 Å². The van der Waals surface area contributed by atoms with E-state index in [1.807, 2.05) is 32.0 Å². The molecule has 0 fully saturated rings. The molecule has 2 aromatic carbocycles. The maximum absolute atomic E-state index is 13.0. The Bertz CT molecular complexity index is 885. The molecule has 1 aromatic heterocycles. The molecule has 0 radical (unpaired) electrons. The van der Waals surface area contributed by atoms with Crippen molar-refractivity contribution < 1.29 is 13.5 Å². The van der Waals surface area contributed by atoms with Gasteiger partial charge in [-0.2, -0.15) is 0 Å². The van der Waals surface area contributed by atoms with E-state index in [9.17, 15) is 4.39 Å². The molecule has 0 N–H and O–H groups in total. The number of benzene rings is 2. The van der Waals surface area contributed by atoms with Gasteiger partial charge in [0, 0.05) is 10.8 Å². The third-order valence-electron chi connectivity index (χ3n) is 3.51. The molecule has 3 aromatic rings. The lowest BCUT2D eigenvalue weighted by Gasteiger charge is -2.07. The van der Waals surface area contributed by atoms with E-state index in [4.69, 9.17) is 20.8 Å². The predicted molar refractivity (Wildman–Crippen MR) is 95.5 cm³/mol. The van der Waals surface area contributed by atoms with Gasteiger partial charge in [0.15, 0.2) is 6.61 Å². The van der Waals surface area contributed by atoms with Crippen molar-refractivity contribution in [1.82, 2.24) is 10.2 Å². The Morgan fingerprint density at radius 1 is 1.16 bits per heavy atom. The predicted octanol–water partition coefficient (Wildman–Crippen LogP) is 5.35. The van der Waals surface area contributed by atoms with E-state index in [-0.39, 0.29) is 12.4 Å². The van der Waals surface area contributed by atoms with Crippen molar-refractivity contribution >= 4 is 23.4 Å². The summed E-state index contributed by atoms with van der Waals surface area (Å²) in [4.78, 5) is 0. The Labute approximate surface area is 154 Å². The molecule has 0 saturated heterocycles. The van der Waals surface area contributed by atoms with Crippen LogP contribution in [0.3, 0.4) is 0 Å². The molecule has 0 bridgehead atoms. The van der Waals surface area contributed by atoms with E-state index < -0.39 is 0 Å². The van der Waals surface area contributed by atoms with E-state index in [2.05, 4.69) is 10.2 Å². The fourth-order valence-corrected chi connectivity index (χ4v) is 3.23. The summed E-state index contributed by atoms with van der Waals surface area (Å²) in [7, 11) is 0. The molecule has 0 amide bonds. The molecule has 0 aliphatic heterocycles. The number of hydrogen-bond donors (Lipinski definition) is 0. The van der Waals surface area contributed by atoms with E-state index in [0.717, 1.165) is 22.4 Å². The van der Waals surface area contributed by atoms with Crippen molar-refractivity contribution in [1.29, 1.82) is 0 Å². The number of thioether (sulfide) groups is 1. The average Bonchev–Trinajstić information content (AvgIpc) is 3.03. The topological polar surface area (TPSA) is 48.2 Å². The van der Waals surface area contributed by atoms with Crippen LogP contribution < -0.4 is 4.74 Å². The van der Waals surface area contributed by atoms with E-state index in [1.54, 1.807) is 6.07 Å². The second kappa shape index (κ2) is 7.89. The number of aromatic nitrogens is 2. The van der Waals surface area contributed by atoms with Gasteiger partial charge in [-0.1, -0.05) is 41.6 Å². The fraction of sp³-hybridized carbons (Fsp3) is 0.222. The summed E-state index contributed by atoms with van der Waals surface area (Å²) in [6.45, 7) is 4.19. The van der Waals surface area contributed by atoms with Crippen molar-refractivity contribution in [3.05, 3.63) is 69.8 Å². The van der Waals surface area contributed by atoms with Crippen LogP contribution in [0.25, 0.3) is 0 Å². The highest BCUT2D eigenvalue weighted by molar-refractivity contribution is 7.98. The quantitative estimate of drug-likeness (QED) is 0.541. The van der Waals surface area contributed by atoms with Gasteiger partial charge in [0.25, 0.3) is 11.1 Å². The van der Waals surface area contributed by atoms with Gasteiger partial charge in [0.05, 0.1) is 0 Å². The highest BCUT2D eigenvalue weighted by atomic mass is 35.5.